The molecule has 0 radical (unpaired) electrons. The number of urea groups is 1. The van der Waals surface area contributed by atoms with Crippen molar-refractivity contribution in [3.8, 4) is 5.75 Å². The maximum atomic E-state index is 13.5. The summed E-state index contributed by atoms with van der Waals surface area (Å²) in [5.74, 6) is 2.19. The minimum Gasteiger partial charge on any atom is -0.497 e. The number of amides is 3. The summed E-state index contributed by atoms with van der Waals surface area (Å²) in [5.41, 5.74) is 12.0. The van der Waals surface area contributed by atoms with E-state index in [1.54, 1.807) is 12.0 Å². The Labute approximate surface area is 255 Å². The number of imide groups is 1. The van der Waals surface area contributed by atoms with Crippen LogP contribution < -0.4 is 25.2 Å². The summed E-state index contributed by atoms with van der Waals surface area (Å²) in [5, 5.41) is 0. The molecular formula is C35H43N5O3. The lowest BCUT2D eigenvalue weighted by Gasteiger charge is -2.41. The van der Waals surface area contributed by atoms with Crippen molar-refractivity contribution in [3.05, 3.63) is 77.9 Å². The Morgan fingerprint density at radius 3 is 1.93 bits per heavy atom. The van der Waals surface area contributed by atoms with Crippen LogP contribution in [0.15, 0.2) is 66.7 Å². The lowest BCUT2D eigenvalue weighted by atomic mass is 9.78. The van der Waals surface area contributed by atoms with E-state index in [2.05, 4.69) is 47.1 Å². The van der Waals surface area contributed by atoms with Gasteiger partial charge in [-0.05, 0) is 110 Å². The van der Waals surface area contributed by atoms with Gasteiger partial charge in [-0.3, -0.25) is 14.6 Å². The van der Waals surface area contributed by atoms with E-state index in [0.29, 0.717) is 13.0 Å². The fourth-order valence-electron chi connectivity index (χ4n) is 7.07. The number of piperidine rings is 2. The third-order valence-electron chi connectivity index (χ3n) is 9.65. The molecule has 3 aliphatic rings. The number of carbonyl (C=O) groups excluding carboxylic acids is 2. The van der Waals surface area contributed by atoms with Gasteiger partial charge in [0, 0.05) is 61.9 Å². The maximum Gasteiger partial charge on any atom is 0.331 e. The van der Waals surface area contributed by atoms with E-state index in [4.69, 9.17) is 10.5 Å². The number of nitrogens with zero attached hydrogens (tertiary/aromatic N) is 4. The van der Waals surface area contributed by atoms with Gasteiger partial charge in [-0.15, -0.1) is 0 Å². The molecule has 0 spiro atoms. The number of carbonyl (C=O) groups is 2. The van der Waals surface area contributed by atoms with E-state index in [9.17, 15) is 9.59 Å². The summed E-state index contributed by atoms with van der Waals surface area (Å²) in [7, 11) is 1.62. The molecule has 8 heteroatoms. The smallest absolute Gasteiger partial charge is 0.331 e. The molecule has 226 valence electrons. The van der Waals surface area contributed by atoms with Crippen molar-refractivity contribution in [1.82, 2.24) is 4.90 Å². The quantitative estimate of drug-likeness (QED) is 0.341. The Kier molecular flexibility index (Phi) is 8.45. The average Bonchev–Trinajstić information content (AvgIpc) is 3.04. The minimum atomic E-state index is -0.258. The number of methoxy groups -OCH3 is 1. The summed E-state index contributed by atoms with van der Waals surface area (Å²) in [6.45, 7) is 7.09. The van der Waals surface area contributed by atoms with E-state index >= 15 is 0 Å². The van der Waals surface area contributed by atoms with Gasteiger partial charge in [0.05, 0.1) is 13.7 Å². The number of hydrogen-bond donors (Lipinski definition) is 1. The number of aryl methyl sites for hydroxylation is 1. The van der Waals surface area contributed by atoms with Crippen LogP contribution in [0.1, 0.15) is 43.2 Å². The lowest BCUT2D eigenvalue weighted by Crippen LogP contribution is -2.52. The second-order valence-electron chi connectivity index (χ2n) is 12.2. The molecule has 0 aliphatic carbocycles. The predicted molar refractivity (Wildman–Crippen MR) is 173 cm³/mol. The molecule has 3 aromatic carbocycles. The zero-order valence-corrected chi connectivity index (χ0v) is 25.4. The minimum absolute atomic E-state index is 0.134. The van der Waals surface area contributed by atoms with Crippen molar-refractivity contribution >= 4 is 34.7 Å². The van der Waals surface area contributed by atoms with Gasteiger partial charge in [0.15, 0.2) is 0 Å². The third-order valence-corrected chi connectivity index (χ3v) is 9.65. The zero-order valence-electron chi connectivity index (χ0n) is 25.4. The van der Waals surface area contributed by atoms with Gasteiger partial charge in [0.25, 0.3) is 0 Å². The number of nitrogen functional groups attached to an aromatic ring is 1. The van der Waals surface area contributed by atoms with Crippen molar-refractivity contribution in [2.45, 2.75) is 45.6 Å². The highest BCUT2D eigenvalue weighted by molar-refractivity contribution is 6.06. The molecule has 3 heterocycles. The maximum absolute atomic E-state index is 13.5. The van der Waals surface area contributed by atoms with Gasteiger partial charge in [-0.25, -0.2) is 4.79 Å². The Bertz CT molecular complexity index is 1420. The first-order valence-corrected chi connectivity index (χ1v) is 15.6. The summed E-state index contributed by atoms with van der Waals surface area (Å²) >= 11 is 0. The van der Waals surface area contributed by atoms with Gasteiger partial charge in [0.2, 0.25) is 5.91 Å². The highest BCUT2D eigenvalue weighted by Crippen LogP contribution is 2.36. The van der Waals surface area contributed by atoms with Crippen LogP contribution in [-0.2, 0) is 11.3 Å². The summed E-state index contributed by atoms with van der Waals surface area (Å²) in [6, 6.07) is 21.9. The van der Waals surface area contributed by atoms with Gasteiger partial charge in [-0.2, -0.15) is 0 Å². The Morgan fingerprint density at radius 1 is 0.767 bits per heavy atom. The van der Waals surface area contributed by atoms with Crippen LogP contribution in [0.5, 0.6) is 5.75 Å². The fourth-order valence-corrected chi connectivity index (χ4v) is 7.07. The summed E-state index contributed by atoms with van der Waals surface area (Å²) in [6.07, 6.45) is 5.27. The van der Waals surface area contributed by atoms with E-state index in [0.717, 1.165) is 66.3 Å². The highest BCUT2D eigenvalue weighted by atomic mass is 16.5. The molecule has 3 fully saturated rings. The van der Waals surface area contributed by atoms with Crippen molar-refractivity contribution in [3.63, 3.8) is 0 Å². The molecule has 0 bridgehead atoms. The fraction of sp³-hybridized carbons (Fsp3) is 0.429. The van der Waals surface area contributed by atoms with Crippen LogP contribution in [0.3, 0.4) is 0 Å². The SMILES string of the molecule is COc1ccc(CN2C(=O)CCN(c3ccc(N4CCC(C5CCN(c6ccc(N)cc6)CC5)CC4)cc3C)C2=O)cc1. The summed E-state index contributed by atoms with van der Waals surface area (Å²) in [4.78, 5) is 34.3. The first kappa shape index (κ1) is 28.9. The molecule has 0 saturated carbocycles. The molecule has 0 aromatic heterocycles. The number of hydrogen-bond acceptors (Lipinski definition) is 6. The molecule has 6 rings (SSSR count). The van der Waals surface area contributed by atoms with Crippen LogP contribution in [0.25, 0.3) is 0 Å². The largest absolute Gasteiger partial charge is 0.497 e. The molecular weight excluding hydrogens is 538 g/mol. The van der Waals surface area contributed by atoms with Crippen LogP contribution >= 0.6 is 0 Å². The number of nitrogens with two attached hydrogens (primary N) is 1. The topological polar surface area (TPSA) is 82.3 Å². The van der Waals surface area contributed by atoms with Gasteiger partial charge in [-0.1, -0.05) is 12.1 Å². The Hall–Kier alpha value is -4.20. The molecule has 8 nitrogen and oxygen atoms in total. The van der Waals surface area contributed by atoms with E-state index in [-0.39, 0.29) is 18.5 Å². The molecule has 43 heavy (non-hydrogen) atoms. The first-order valence-electron chi connectivity index (χ1n) is 15.6. The van der Waals surface area contributed by atoms with Crippen LogP contribution in [0.2, 0.25) is 0 Å². The molecule has 3 aliphatic heterocycles. The average molecular weight is 582 g/mol. The standard InChI is InChI=1S/C35H43N5O3/c1-25-23-31(38-20-15-28(16-21-38)27-13-18-37(19-14-27)30-7-5-29(36)6-8-30)9-12-33(25)39-22-17-34(41)40(35(39)42)24-26-3-10-32(43-2)11-4-26/h3-12,23,27-28H,13-22,24,36H2,1-2H3. The zero-order chi connectivity index (χ0) is 29.9. The monoisotopic (exact) mass is 581 g/mol. The molecule has 0 unspecified atom stereocenters. The molecule has 3 saturated heterocycles. The van der Waals surface area contributed by atoms with E-state index in [1.165, 1.54) is 42.0 Å². The van der Waals surface area contributed by atoms with Gasteiger partial charge < -0.3 is 20.3 Å². The molecule has 0 atom stereocenters. The van der Waals surface area contributed by atoms with Crippen LogP contribution in [0, 0.1) is 18.8 Å². The van der Waals surface area contributed by atoms with Crippen molar-refractivity contribution < 1.29 is 14.3 Å². The second-order valence-corrected chi connectivity index (χ2v) is 12.2. The second kappa shape index (κ2) is 12.6. The number of ether oxygens (including phenoxy) is 1. The van der Waals surface area contributed by atoms with Crippen molar-refractivity contribution in [1.29, 1.82) is 0 Å². The van der Waals surface area contributed by atoms with Crippen LogP contribution in [0.4, 0.5) is 27.5 Å². The molecule has 2 N–H and O–H groups in total. The predicted octanol–water partition coefficient (Wildman–Crippen LogP) is 6.08. The van der Waals surface area contributed by atoms with Crippen LogP contribution in [-0.4, -0.2) is 56.7 Å². The highest BCUT2D eigenvalue weighted by Gasteiger charge is 2.34. The Balaban J connectivity index is 1.04. The number of anilines is 4. The van der Waals surface area contributed by atoms with Gasteiger partial charge in [0.1, 0.15) is 5.75 Å². The van der Waals surface area contributed by atoms with Gasteiger partial charge >= 0.3 is 6.03 Å². The number of benzene rings is 3. The van der Waals surface area contributed by atoms with Crippen molar-refractivity contribution in [2.75, 3.05) is 60.3 Å². The summed E-state index contributed by atoms with van der Waals surface area (Å²) < 4.78 is 5.23. The number of rotatable bonds is 7. The Morgan fingerprint density at radius 2 is 1.35 bits per heavy atom. The third kappa shape index (κ3) is 6.28. The molecule has 3 amide bonds. The lowest BCUT2D eigenvalue weighted by molar-refractivity contribution is -0.129. The van der Waals surface area contributed by atoms with E-state index < -0.39 is 0 Å². The molecule has 3 aromatic rings. The first-order chi connectivity index (χ1) is 20.9. The van der Waals surface area contributed by atoms with E-state index in [1.807, 2.05) is 36.4 Å². The van der Waals surface area contributed by atoms with Crippen molar-refractivity contribution in [2.24, 2.45) is 11.8 Å². The normalized spacial score (nSPS) is 18.8.